The molecular formula is C11H7Br2ClS. The van der Waals surface area contributed by atoms with Gasteiger partial charge in [0, 0.05) is 9.35 Å². The van der Waals surface area contributed by atoms with Crippen molar-refractivity contribution in [2.45, 2.75) is 4.83 Å². The number of hydrogen-bond acceptors (Lipinski definition) is 1. The van der Waals surface area contributed by atoms with E-state index in [-0.39, 0.29) is 4.83 Å². The molecule has 4 heteroatoms. The van der Waals surface area contributed by atoms with E-state index in [9.17, 15) is 0 Å². The first kappa shape index (κ1) is 11.6. The van der Waals surface area contributed by atoms with Crippen molar-refractivity contribution in [3.63, 3.8) is 0 Å². The molecule has 15 heavy (non-hydrogen) atoms. The van der Waals surface area contributed by atoms with Crippen LogP contribution in [0.4, 0.5) is 0 Å². The molecule has 2 aromatic rings. The van der Waals surface area contributed by atoms with Crippen LogP contribution in [0.2, 0.25) is 5.02 Å². The normalized spacial score (nSPS) is 12.7. The average molecular weight is 367 g/mol. The molecule has 0 fully saturated rings. The lowest BCUT2D eigenvalue weighted by atomic mass is 10.1. The van der Waals surface area contributed by atoms with Gasteiger partial charge in [0.05, 0.1) is 9.85 Å². The van der Waals surface area contributed by atoms with E-state index in [1.54, 1.807) is 11.3 Å². The third-order valence-corrected chi connectivity index (χ3v) is 5.52. The number of alkyl halides is 1. The van der Waals surface area contributed by atoms with Crippen LogP contribution in [0.15, 0.2) is 40.2 Å². The molecule has 0 spiro atoms. The van der Waals surface area contributed by atoms with E-state index in [1.807, 2.05) is 12.1 Å². The van der Waals surface area contributed by atoms with Crippen LogP contribution in [0.25, 0.3) is 0 Å². The van der Waals surface area contributed by atoms with Crippen LogP contribution in [-0.4, -0.2) is 0 Å². The second-order valence-corrected chi connectivity index (χ2v) is 6.21. The van der Waals surface area contributed by atoms with E-state index < -0.39 is 0 Å². The van der Waals surface area contributed by atoms with E-state index in [1.165, 1.54) is 10.4 Å². The van der Waals surface area contributed by atoms with Crippen molar-refractivity contribution in [3.05, 3.63) is 55.6 Å². The van der Waals surface area contributed by atoms with Gasteiger partial charge in [-0.1, -0.05) is 39.7 Å². The highest BCUT2D eigenvalue weighted by Crippen LogP contribution is 2.36. The Kier molecular flexibility index (Phi) is 3.88. The van der Waals surface area contributed by atoms with Crippen LogP contribution in [0, 0.1) is 0 Å². The van der Waals surface area contributed by atoms with Gasteiger partial charge in [-0.15, -0.1) is 11.3 Å². The van der Waals surface area contributed by atoms with Gasteiger partial charge in [-0.2, -0.15) is 0 Å². The molecule has 0 aliphatic rings. The molecule has 0 aliphatic heterocycles. The molecule has 0 amide bonds. The van der Waals surface area contributed by atoms with Crippen molar-refractivity contribution in [3.8, 4) is 0 Å². The Morgan fingerprint density at radius 3 is 2.67 bits per heavy atom. The largest absolute Gasteiger partial charge is 0.147 e. The summed E-state index contributed by atoms with van der Waals surface area (Å²) in [4.78, 5) is 1.51. The molecule has 0 saturated heterocycles. The molecule has 1 atom stereocenters. The van der Waals surface area contributed by atoms with E-state index >= 15 is 0 Å². The van der Waals surface area contributed by atoms with Crippen LogP contribution in [-0.2, 0) is 0 Å². The highest BCUT2D eigenvalue weighted by atomic mass is 79.9. The number of halogens is 3. The van der Waals surface area contributed by atoms with Gasteiger partial charge in [-0.05, 0) is 45.1 Å². The summed E-state index contributed by atoms with van der Waals surface area (Å²) in [7, 11) is 0. The first-order valence-electron chi connectivity index (χ1n) is 4.31. The zero-order valence-electron chi connectivity index (χ0n) is 7.58. The van der Waals surface area contributed by atoms with Crippen LogP contribution < -0.4 is 0 Å². The highest BCUT2D eigenvalue weighted by molar-refractivity contribution is 9.10. The number of thiophene rings is 1. The van der Waals surface area contributed by atoms with Crippen molar-refractivity contribution in [1.82, 2.24) is 0 Å². The Balaban J connectivity index is 2.34. The van der Waals surface area contributed by atoms with Gasteiger partial charge in [0.2, 0.25) is 0 Å². The minimum atomic E-state index is 0.225. The second kappa shape index (κ2) is 5.00. The van der Waals surface area contributed by atoms with E-state index in [4.69, 9.17) is 11.6 Å². The van der Waals surface area contributed by atoms with Gasteiger partial charge >= 0.3 is 0 Å². The van der Waals surface area contributed by atoms with Crippen molar-refractivity contribution in [1.29, 1.82) is 0 Å². The van der Waals surface area contributed by atoms with Gasteiger partial charge in [-0.3, -0.25) is 0 Å². The predicted molar refractivity (Wildman–Crippen MR) is 74.2 cm³/mol. The lowest BCUT2D eigenvalue weighted by molar-refractivity contribution is 1.22. The standard InChI is InChI=1S/C11H7Br2ClS/c12-8-4-3-7(6-9(8)14)11(13)10-2-1-5-15-10/h1-6,11H. The summed E-state index contributed by atoms with van der Waals surface area (Å²) in [6, 6.07) is 10.2. The number of rotatable bonds is 2. The minimum absolute atomic E-state index is 0.225. The Bertz CT molecular complexity index is 454. The van der Waals surface area contributed by atoms with Gasteiger partial charge in [0.15, 0.2) is 0 Å². The molecule has 78 valence electrons. The summed E-state index contributed by atoms with van der Waals surface area (Å²) < 4.78 is 0.929. The minimum Gasteiger partial charge on any atom is -0.147 e. The molecule has 0 nitrogen and oxygen atoms in total. The zero-order valence-corrected chi connectivity index (χ0v) is 12.3. The van der Waals surface area contributed by atoms with Crippen molar-refractivity contribution >= 4 is 54.8 Å². The summed E-state index contributed by atoms with van der Waals surface area (Å²) in [6.07, 6.45) is 0. The van der Waals surface area contributed by atoms with E-state index in [0.29, 0.717) is 0 Å². The predicted octanol–water partition coefficient (Wildman–Crippen LogP) is 5.65. The first-order valence-corrected chi connectivity index (χ1v) is 7.27. The average Bonchev–Trinajstić information content (AvgIpc) is 2.74. The van der Waals surface area contributed by atoms with Gasteiger partial charge in [-0.25, -0.2) is 0 Å². The molecule has 0 aliphatic carbocycles. The molecule has 2 rings (SSSR count). The monoisotopic (exact) mass is 364 g/mol. The fraction of sp³-hybridized carbons (Fsp3) is 0.0909. The maximum absolute atomic E-state index is 6.05. The molecule has 1 aromatic heterocycles. The molecule has 1 aromatic carbocycles. The van der Waals surface area contributed by atoms with Crippen LogP contribution in [0.5, 0.6) is 0 Å². The summed E-state index contributed by atoms with van der Waals surface area (Å²) in [5.74, 6) is 0. The maximum atomic E-state index is 6.05. The molecule has 0 bridgehead atoms. The molecule has 0 N–H and O–H groups in total. The van der Waals surface area contributed by atoms with Crippen LogP contribution in [0.1, 0.15) is 15.3 Å². The Hall–Kier alpha value is 0.170. The lowest BCUT2D eigenvalue weighted by Crippen LogP contribution is -1.89. The summed E-state index contributed by atoms with van der Waals surface area (Å²) in [6.45, 7) is 0. The number of benzene rings is 1. The van der Waals surface area contributed by atoms with Gasteiger partial charge < -0.3 is 0 Å². The summed E-state index contributed by atoms with van der Waals surface area (Å²) >= 11 is 14.8. The Labute approximate surface area is 115 Å². The summed E-state index contributed by atoms with van der Waals surface area (Å²) in [5, 5.41) is 2.82. The second-order valence-electron chi connectivity index (χ2n) is 3.05. The van der Waals surface area contributed by atoms with Gasteiger partial charge in [0.25, 0.3) is 0 Å². The number of hydrogen-bond donors (Lipinski definition) is 0. The first-order chi connectivity index (χ1) is 7.18. The Morgan fingerprint density at radius 1 is 1.27 bits per heavy atom. The third kappa shape index (κ3) is 2.64. The fourth-order valence-corrected chi connectivity index (χ4v) is 3.19. The quantitative estimate of drug-likeness (QED) is 0.603. The molecular weight excluding hydrogens is 359 g/mol. The SMILES string of the molecule is Clc1cc(C(Br)c2cccs2)ccc1Br. The lowest BCUT2D eigenvalue weighted by Gasteiger charge is -2.08. The smallest absolute Gasteiger partial charge is 0.0738 e. The van der Waals surface area contributed by atoms with Crippen molar-refractivity contribution in [2.75, 3.05) is 0 Å². The van der Waals surface area contributed by atoms with E-state index in [0.717, 1.165) is 9.50 Å². The van der Waals surface area contributed by atoms with Crippen molar-refractivity contribution in [2.24, 2.45) is 0 Å². The molecule has 1 heterocycles. The van der Waals surface area contributed by atoms with Crippen LogP contribution >= 0.6 is 54.8 Å². The topological polar surface area (TPSA) is 0 Å². The molecule has 1 unspecified atom stereocenters. The van der Waals surface area contributed by atoms with Gasteiger partial charge in [0.1, 0.15) is 0 Å². The fourth-order valence-electron chi connectivity index (χ4n) is 1.27. The highest BCUT2D eigenvalue weighted by Gasteiger charge is 2.12. The zero-order chi connectivity index (χ0) is 10.8. The maximum Gasteiger partial charge on any atom is 0.0738 e. The van der Waals surface area contributed by atoms with E-state index in [2.05, 4.69) is 55.4 Å². The molecule has 0 saturated carbocycles. The molecule has 0 radical (unpaired) electrons. The summed E-state index contributed by atoms with van der Waals surface area (Å²) in [5.41, 5.74) is 1.17. The third-order valence-electron chi connectivity index (χ3n) is 2.03. The van der Waals surface area contributed by atoms with Crippen molar-refractivity contribution < 1.29 is 0 Å². The Morgan fingerprint density at radius 2 is 2.07 bits per heavy atom. The van der Waals surface area contributed by atoms with Crippen LogP contribution in [0.3, 0.4) is 0 Å².